The van der Waals surface area contributed by atoms with Crippen LogP contribution in [0.5, 0.6) is 0 Å². The van der Waals surface area contributed by atoms with Crippen molar-refractivity contribution in [1.29, 1.82) is 0 Å². The van der Waals surface area contributed by atoms with Gasteiger partial charge in [-0.1, -0.05) is 13.8 Å². The predicted molar refractivity (Wildman–Crippen MR) is 53.7 cm³/mol. The zero-order valence-electron chi connectivity index (χ0n) is 9.16. The van der Waals surface area contributed by atoms with Crippen molar-refractivity contribution in [3.05, 3.63) is 0 Å². The van der Waals surface area contributed by atoms with Gasteiger partial charge in [-0.05, 0) is 36.5 Å². The van der Waals surface area contributed by atoms with Gasteiger partial charge in [0.25, 0.3) is 0 Å². The molecule has 4 unspecified atom stereocenters. The Hall–Kier alpha value is -0.0800. The van der Waals surface area contributed by atoms with E-state index in [4.69, 9.17) is 9.47 Å². The zero-order chi connectivity index (χ0) is 9.76. The summed E-state index contributed by atoms with van der Waals surface area (Å²) >= 11 is 0. The summed E-state index contributed by atoms with van der Waals surface area (Å²) in [5.41, 5.74) is 0.398. The minimum Gasteiger partial charge on any atom is -0.355 e. The zero-order valence-corrected chi connectivity index (χ0v) is 9.16. The number of rotatable bonds is 0. The molecule has 3 aliphatic rings. The Morgan fingerprint density at radius 3 is 2.36 bits per heavy atom. The molecule has 0 aromatic carbocycles. The van der Waals surface area contributed by atoms with Gasteiger partial charge in [0.1, 0.15) is 6.79 Å². The van der Waals surface area contributed by atoms with Crippen LogP contribution in [0, 0.1) is 29.1 Å². The lowest BCUT2D eigenvalue weighted by Crippen LogP contribution is -2.45. The van der Waals surface area contributed by atoms with Crippen molar-refractivity contribution in [2.45, 2.75) is 26.7 Å². The van der Waals surface area contributed by atoms with E-state index in [2.05, 4.69) is 13.8 Å². The van der Waals surface area contributed by atoms with Gasteiger partial charge in [-0.3, -0.25) is 0 Å². The van der Waals surface area contributed by atoms with Gasteiger partial charge in [0.05, 0.1) is 13.2 Å². The predicted octanol–water partition coefficient (Wildman–Crippen LogP) is 2.29. The van der Waals surface area contributed by atoms with Gasteiger partial charge in [0.2, 0.25) is 0 Å². The molecule has 1 heterocycles. The molecule has 14 heavy (non-hydrogen) atoms. The van der Waals surface area contributed by atoms with E-state index in [0.29, 0.717) is 12.2 Å². The molecular formula is C12H20O2. The number of ether oxygens (including phenoxy) is 2. The van der Waals surface area contributed by atoms with E-state index >= 15 is 0 Å². The van der Waals surface area contributed by atoms with Crippen molar-refractivity contribution in [1.82, 2.24) is 0 Å². The Morgan fingerprint density at radius 1 is 1.07 bits per heavy atom. The molecule has 0 amide bonds. The fourth-order valence-electron chi connectivity index (χ4n) is 4.22. The Bertz CT molecular complexity index is 230. The smallest absolute Gasteiger partial charge is 0.146 e. The summed E-state index contributed by atoms with van der Waals surface area (Å²) in [6.07, 6.45) is 2.78. The van der Waals surface area contributed by atoms with Crippen LogP contribution < -0.4 is 0 Å². The van der Waals surface area contributed by atoms with Crippen molar-refractivity contribution in [3.8, 4) is 0 Å². The third-order valence-electron chi connectivity index (χ3n) is 5.17. The Kier molecular flexibility index (Phi) is 1.94. The van der Waals surface area contributed by atoms with E-state index in [-0.39, 0.29) is 0 Å². The average Bonchev–Trinajstić information content (AvgIpc) is 2.67. The van der Waals surface area contributed by atoms with Crippen molar-refractivity contribution < 1.29 is 9.47 Å². The normalized spacial score (nSPS) is 50.1. The molecule has 3 fully saturated rings. The van der Waals surface area contributed by atoms with Gasteiger partial charge in [-0.15, -0.1) is 0 Å². The first kappa shape index (κ1) is 9.17. The van der Waals surface area contributed by atoms with E-state index < -0.39 is 0 Å². The SMILES string of the molecule is CC1C2CC(C1C)C1(COCOC1)C2. The summed E-state index contributed by atoms with van der Waals surface area (Å²) in [6, 6.07) is 0. The second-order valence-corrected chi connectivity index (χ2v) is 5.70. The molecule has 2 heteroatoms. The van der Waals surface area contributed by atoms with Crippen LogP contribution in [-0.4, -0.2) is 20.0 Å². The highest BCUT2D eigenvalue weighted by Crippen LogP contribution is 2.61. The van der Waals surface area contributed by atoms with E-state index in [1.807, 2.05) is 0 Å². The fourth-order valence-corrected chi connectivity index (χ4v) is 4.22. The van der Waals surface area contributed by atoms with Gasteiger partial charge >= 0.3 is 0 Å². The second-order valence-electron chi connectivity index (χ2n) is 5.70. The molecule has 2 bridgehead atoms. The van der Waals surface area contributed by atoms with E-state index in [1.54, 1.807) is 0 Å². The maximum Gasteiger partial charge on any atom is 0.146 e. The van der Waals surface area contributed by atoms with Crippen LogP contribution >= 0.6 is 0 Å². The molecule has 1 saturated heterocycles. The molecule has 3 rings (SSSR count). The minimum atomic E-state index is 0.398. The van der Waals surface area contributed by atoms with Crippen LogP contribution in [0.1, 0.15) is 26.7 Å². The summed E-state index contributed by atoms with van der Waals surface area (Å²) < 4.78 is 11.0. The lowest BCUT2D eigenvalue weighted by molar-refractivity contribution is -0.187. The molecular weight excluding hydrogens is 176 g/mol. The summed E-state index contributed by atoms with van der Waals surface area (Å²) in [7, 11) is 0. The van der Waals surface area contributed by atoms with Gasteiger partial charge in [0, 0.05) is 5.41 Å². The maximum absolute atomic E-state index is 5.52. The number of fused-ring (bicyclic) bond motifs is 3. The number of hydrogen-bond donors (Lipinski definition) is 0. The Labute approximate surface area is 86.0 Å². The Balaban J connectivity index is 1.84. The molecule has 0 radical (unpaired) electrons. The molecule has 0 N–H and O–H groups in total. The quantitative estimate of drug-likeness (QED) is 0.592. The van der Waals surface area contributed by atoms with Crippen molar-refractivity contribution >= 4 is 0 Å². The van der Waals surface area contributed by atoms with Gasteiger partial charge in [-0.25, -0.2) is 0 Å². The number of hydrogen-bond acceptors (Lipinski definition) is 2. The van der Waals surface area contributed by atoms with Crippen LogP contribution in [0.3, 0.4) is 0 Å². The average molecular weight is 196 g/mol. The van der Waals surface area contributed by atoms with Crippen LogP contribution in [0.4, 0.5) is 0 Å². The summed E-state index contributed by atoms with van der Waals surface area (Å²) in [5.74, 6) is 3.61. The molecule has 1 spiro atoms. The van der Waals surface area contributed by atoms with E-state index in [1.165, 1.54) is 12.8 Å². The first-order valence-electron chi connectivity index (χ1n) is 5.88. The molecule has 2 aliphatic carbocycles. The third kappa shape index (κ3) is 1.04. The summed E-state index contributed by atoms with van der Waals surface area (Å²) in [6.45, 7) is 7.26. The van der Waals surface area contributed by atoms with Crippen molar-refractivity contribution in [3.63, 3.8) is 0 Å². The topological polar surface area (TPSA) is 18.5 Å². The van der Waals surface area contributed by atoms with Crippen LogP contribution in [-0.2, 0) is 9.47 Å². The maximum atomic E-state index is 5.52. The van der Waals surface area contributed by atoms with Crippen molar-refractivity contribution in [2.75, 3.05) is 20.0 Å². The summed E-state index contributed by atoms with van der Waals surface area (Å²) in [5, 5.41) is 0. The second kappa shape index (κ2) is 2.96. The largest absolute Gasteiger partial charge is 0.355 e. The molecule has 2 nitrogen and oxygen atoms in total. The third-order valence-corrected chi connectivity index (χ3v) is 5.17. The fraction of sp³-hybridized carbons (Fsp3) is 1.00. The first-order chi connectivity index (χ1) is 6.73. The molecule has 0 aromatic heterocycles. The standard InChI is InChI=1S/C12H20O2/c1-8-9(2)11-3-10(8)4-12(11)5-13-7-14-6-12/h8-11H,3-7H2,1-2H3. The van der Waals surface area contributed by atoms with Crippen LogP contribution in [0.15, 0.2) is 0 Å². The summed E-state index contributed by atoms with van der Waals surface area (Å²) in [4.78, 5) is 0. The minimum absolute atomic E-state index is 0.398. The highest BCUT2D eigenvalue weighted by Gasteiger charge is 2.58. The highest BCUT2D eigenvalue weighted by atomic mass is 16.7. The van der Waals surface area contributed by atoms with E-state index in [0.717, 1.165) is 36.9 Å². The molecule has 0 aromatic rings. The Morgan fingerprint density at radius 2 is 1.79 bits per heavy atom. The van der Waals surface area contributed by atoms with Crippen LogP contribution in [0.2, 0.25) is 0 Å². The van der Waals surface area contributed by atoms with Gasteiger partial charge < -0.3 is 9.47 Å². The van der Waals surface area contributed by atoms with Gasteiger partial charge in [0.15, 0.2) is 0 Å². The molecule has 2 saturated carbocycles. The lowest BCUT2D eigenvalue weighted by atomic mass is 9.66. The molecule has 1 aliphatic heterocycles. The lowest BCUT2D eigenvalue weighted by Gasteiger charge is -2.44. The molecule has 4 atom stereocenters. The first-order valence-corrected chi connectivity index (χ1v) is 5.88. The van der Waals surface area contributed by atoms with Crippen molar-refractivity contribution in [2.24, 2.45) is 29.1 Å². The van der Waals surface area contributed by atoms with Gasteiger partial charge in [-0.2, -0.15) is 0 Å². The van der Waals surface area contributed by atoms with Crippen LogP contribution in [0.25, 0.3) is 0 Å². The highest BCUT2D eigenvalue weighted by molar-refractivity contribution is 5.06. The van der Waals surface area contributed by atoms with E-state index in [9.17, 15) is 0 Å². The molecule has 80 valence electrons. The monoisotopic (exact) mass is 196 g/mol.